The molecule has 2 rings (SSSR count). The summed E-state index contributed by atoms with van der Waals surface area (Å²) in [6.07, 6.45) is 0.313. The van der Waals surface area contributed by atoms with Gasteiger partial charge in [-0.15, -0.1) is 0 Å². The van der Waals surface area contributed by atoms with Gasteiger partial charge in [0.15, 0.2) is 17.9 Å². The molecule has 0 aliphatic rings. The van der Waals surface area contributed by atoms with Gasteiger partial charge in [0.2, 0.25) is 0 Å². The second-order valence-corrected chi connectivity index (χ2v) is 3.83. The van der Waals surface area contributed by atoms with Crippen molar-refractivity contribution < 1.29 is 18.3 Å². The fourth-order valence-corrected chi connectivity index (χ4v) is 1.57. The first-order chi connectivity index (χ1) is 8.63. The van der Waals surface area contributed by atoms with E-state index in [0.29, 0.717) is 6.29 Å². The van der Waals surface area contributed by atoms with Crippen molar-refractivity contribution in [1.29, 1.82) is 0 Å². The minimum atomic E-state index is -0.764. The summed E-state index contributed by atoms with van der Waals surface area (Å²) in [5.74, 6) is -1.73. The molecule has 0 N–H and O–H groups in total. The zero-order valence-corrected chi connectivity index (χ0v) is 9.75. The third-order valence-electron chi connectivity index (χ3n) is 2.27. The predicted molar refractivity (Wildman–Crippen MR) is 63.3 cm³/mol. The average Bonchev–Trinajstić information content (AvgIpc) is 2.35. The van der Waals surface area contributed by atoms with Crippen molar-refractivity contribution in [2.75, 3.05) is 0 Å². The van der Waals surface area contributed by atoms with Gasteiger partial charge >= 0.3 is 0 Å². The fraction of sp³-hybridized carbons (Fsp3) is 0. The zero-order chi connectivity index (χ0) is 13.1. The van der Waals surface area contributed by atoms with Crippen LogP contribution in [0.25, 0.3) is 0 Å². The van der Waals surface area contributed by atoms with Crippen molar-refractivity contribution in [3.8, 4) is 11.5 Å². The highest BCUT2D eigenvalue weighted by molar-refractivity contribution is 6.30. The highest BCUT2D eigenvalue weighted by Crippen LogP contribution is 2.30. The van der Waals surface area contributed by atoms with Crippen molar-refractivity contribution in [2.24, 2.45) is 0 Å². The van der Waals surface area contributed by atoms with Crippen LogP contribution in [0, 0.1) is 11.6 Å². The molecule has 0 saturated carbocycles. The first-order valence-electron chi connectivity index (χ1n) is 4.99. The number of rotatable bonds is 3. The second kappa shape index (κ2) is 5.14. The highest BCUT2D eigenvalue weighted by Gasteiger charge is 2.13. The van der Waals surface area contributed by atoms with Crippen molar-refractivity contribution in [2.45, 2.75) is 0 Å². The predicted octanol–water partition coefficient (Wildman–Crippen LogP) is 4.22. The van der Waals surface area contributed by atoms with E-state index in [0.717, 1.165) is 6.07 Å². The van der Waals surface area contributed by atoms with Gasteiger partial charge in [0.1, 0.15) is 11.6 Å². The van der Waals surface area contributed by atoms with Crippen LogP contribution in [-0.4, -0.2) is 6.29 Å². The molecule has 18 heavy (non-hydrogen) atoms. The van der Waals surface area contributed by atoms with E-state index in [-0.39, 0.29) is 22.1 Å². The van der Waals surface area contributed by atoms with Crippen LogP contribution in [0.3, 0.4) is 0 Å². The topological polar surface area (TPSA) is 26.3 Å². The minimum Gasteiger partial charge on any atom is -0.453 e. The van der Waals surface area contributed by atoms with Crippen LogP contribution in [0.15, 0.2) is 36.4 Å². The van der Waals surface area contributed by atoms with E-state index < -0.39 is 11.6 Å². The Morgan fingerprint density at radius 2 is 1.72 bits per heavy atom. The standard InChI is InChI=1S/C13H7ClF2O2/c14-9-3-1-6-12(13(9)16)18-11-5-2-4-10(15)8(11)7-17/h1-7H. The normalized spacial score (nSPS) is 10.2. The number of benzene rings is 2. The van der Waals surface area contributed by atoms with Gasteiger partial charge < -0.3 is 4.74 Å². The molecule has 0 bridgehead atoms. The molecular formula is C13H7ClF2O2. The van der Waals surface area contributed by atoms with E-state index in [4.69, 9.17) is 16.3 Å². The highest BCUT2D eigenvalue weighted by atomic mass is 35.5. The smallest absolute Gasteiger partial charge is 0.184 e. The number of ether oxygens (including phenoxy) is 1. The van der Waals surface area contributed by atoms with E-state index in [1.165, 1.54) is 30.3 Å². The molecule has 2 aromatic carbocycles. The van der Waals surface area contributed by atoms with Gasteiger partial charge in [0.05, 0.1) is 10.6 Å². The number of hydrogen-bond acceptors (Lipinski definition) is 2. The van der Waals surface area contributed by atoms with E-state index in [9.17, 15) is 13.6 Å². The summed E-state index contributed by atoms with van der Waals surface area (Å²) >= 11 is 5.59. The summed E-state index contributed by atoms with van der Waals surface area (Å²) in [6, 6.07) is 8.02. The Kier molecular flexibility index (Phi) is 3.58. The van der Waals surface area contributed by atoms with Crippen LogP contribution in [0.2, 0.25) is 5.02 Å². The van der Waals surface area contributed by atoms with Gasteiger partial charge in [-0.1, -0.05) is 23.7 Å². The van der Waals surface area contributed by atoms with Crippen LogP contribution in [0.4, 0.5) is 8.78 Å². The molecule has 0 aliphatic heterocycles. The fourth-order valence-electron chi connectivity index (χ4n) is 1.40. The molecule has 92 valence electrons. The molecule has 0 heterocycles. The Bertz CT molecular complexity index is 600. The molecular weight excluding hydrogens is 262 g/mol. The Morgan fingerprint density at radius 1 is 1.06 bits per heavy atom. The largest absolute Gasteiger partial charge is 0.453 e. The van der Waals surface area contributed by atoms with Crippen molar-refractivity contribution in [1.82, 2.24) is 0 Å². The lowest BCUT2D eigenvalue weighted by atomic mass is 10.2. The molecule has 0 atom stereocenters. The monoisotopic (exact) mass is 268 g/mol. The summed E-state index contributed by atoms with van der Waals surface area (Å²) in [4.78, 5) is 10.8. The average molecular weight is 269 g/mol. The van der Waals surface area contributed by atoms with Gasteiger partial charge in [-0.2, -0.15) is 0 Å². The van der Waals surface area contributed by atoms with Gasteiger partial charge in [0, 0.05) is 0 Å². The van der Waals surface area contributed by atoms with Gasteiger partial charge in [0.25, 0.3) is 0 Å². The number of aldehydes is 1. The molecule has 0 unspecified atom stereocenters. The third kappa shape index (κ3) is 2.33. The lowest BCUT2D eigenvalue weighted by molar-refractivity contribution is 0.111. The van der Waals surface area contributed by atoms with E-state index >= 15 is 0 Å². The second-order valence-electron chi connectivity index (χ2n) is 3.42. The molecule has 0 radical (unpaired) electrons. The first-order valence-corrected chi connectivity index (χ1v) is 5.37. The van der Waals surface area contributed by atoms with Gasteiger partial charge in [-0.3, -0.25) is 4.79 Å². The maximum absolute atomic E-state index is 13.6. The molecule has 0 aliphatic carbocycles. The van der Waals surface area contributed by atoms with Crippen LogP contribution < -0.4 is 4.74 Å². The zero-order valence-electron chi connectivity index (χ0n) is 8.99. The summed E-state index contributed by atoms with van der Waals surface area (Å²) in [5.41, 5.74) is -0.267. The van der Waals surface area contributed by atoms with Gasteiger partial charge in [-0.05, 0) is 24.3 Å². The molecule has 5 heteroatoms. The quantitative estimate of drug-likeness (QED) is 0.779. The van der Waals surface area contributed by atoms with E-state index in [2.05, 4.69) is 0 Å². The Labute approximate surface area is 107 Å². The molecule has 0 fully saturated rings. The SMILES string of the molecule is O=Cc1c(F)cccc1Oc1cccc(Cl)c1F. The molecule has 2 nitrogen and oxygen atoms in total. The lowest BCUT2D eigenvalue weighted by Gasteiger charge is -2.09. The molecule has 2 aromatic rings. The van der Waals surface area contributed by atoms with Crippen LogP contribution in [-0.2, 0) is 0 Å². The Hall–Kier alpha value is -1.94. The first kappa shape index (κ1) is 12.5. The molecule has 0 spiro atoms. The van der Waals surface area contributed by atoms with E-state index in [1.807, 2.05) is 0 Å². The Morgan fingerprint density at radius 3 is 2.44 bits per heavy atom. The van der Waals surface area contributed by atoms with Crippen LogP contribution >= 0.6 is 11.6 Å². The number of carbonyl (C=O) groups excluding carboxylic acids is 1. The molecule has 0 aromatic heterocycles. The summed E-state index contributed by atoms with van der Waals surface area (Å²) in [5, 5.41) is -0.114. The number of halogens is 3. The van der Waals surface area contributed by atoms with Crippen molar-refractivity contribution in [3.63, 3.8) is 0 Å². The molecule has 0 amide bonds. The van der Waals surface area contributed by atoms with Crippen LogP contribution in [0.5, 0.6) is 11.5 Å². The Balaban J connectivity index is 2.43. The van der Waals surface area contributed by atoms with Crippen molar-refractivity contribution in [3.05, 3.63) is 58.6 Å². The maximum atomic E-state index is 13.6. The summed E-state index contributed by atoms with van der Waals surface area (Å²) < 4.78 is 32.0. The summed E-state index contributed by atoms with van der Waals surface area (Å²) in [7, 11) is 0. The summed E-state index contributed by atoms with van der Waals surface area (Å²) in [6.45, 7) is 0. The number of carbonyl (C=O) groups is 1. The van der Waals surface area contributed by atoms with E-state index in [1.54, 1.807) is 0 Å². The third-order valence-corrected chi connectivity index (χ3v) is 2.56. The lowest BCUT2D eigenvalue weighted by Crippen LogP contribution is -1.95. The van der Waals surface area contributed by atoms with Crippen molar-refractivity contribution >= 4 is 17.9 Å². The maximum Gasteiger partial charge on any atom is 0.184 e. The van der Waals surface area contributed by atoms with Crippen LogP contribution in [0.1, 0.15) is 10.4 Å². The number of hydrogen-bond donors (Lipinski definition) is 0. The van der Waals surface area contributed by atoms with Gasteiger partial charge in [-0.25, -0.2) is 8.78 Å². The minimum absolute atomic E-state index is 0.0637. The molecule has 0 saturated heterocycles.